The van der Waals surface area contributed by atoms with Crippen LogP contribution in [0.3, 0.4) is 0 Å². The van der Waals surface area contributed by atoms with Gasteiger partial charge in [-0.3, -0.25) is 4.79 Å². The van der Waals surface area contributed by atoms with E-state index in [-0.39, 0.29) is 18.4 Å². The first kappa shape index (κ1) is 17.9. The van der Waals surface area contributed by atoms with Crippen LogP contribution in [-0.2, 0) is 17.1 Å². The number of benzene rings is 1. The van der Waals surface area contributed by atoms with Crippen molar-refractivity contribution in [2.24, 2.45) is 5.92 Å². The lowest BCUT2D eigenvalue weighted by atomic mass is 9.98. The van der Waals surface area contributed by atoms with Gasteiger partial charge in [0.25, 0.3) is 5.92 Å². The first-order valence-corrected chi connectivity index (χ1v) is 8.91. The van der Waals surface area contributed by atoms with Crippen LogP contribution in [0.2, 0.25) is 0 Å². The molecule has 0 aliphatic heterocycles. The molecule has 1 aromatic carbocycles. The van der Waals surface area contributed by atoms with Gasteiger partial charge in [0.15, 0.2) is 0 Å². The molecular weight excluding hydrogens is 326 g/mol. The van der Waals surface area contributed by atoms with Gasteiger partial charge in [0, 0.05) is 18.9 Å². The Balaban J connectivity index is 1.73. The minimum Gasteiger partial charge on any atom is -0.489 e. The predicted molar refractivity (Wildman–Crippen MR) is 91.1 cm³/mol. The monoisotopic (exact) mass is 350 g/mol. The van der Waals surface area contributed by atoms with E-state index in [0.29, 0.717) is 17.9 Å². The Morgan fingerprint density at radius 1 is 1.32 bits per heavy atom. The number of hydrogen-bond acceptors (Lipinski definition) is 2. The van der Waals surface area contributed by atoms with Crippen LogP contribution in [0.15, 0.2) is 29.3 Å². The van der Waals surface area contributed by atoms with E-state index in [2.05, 4.69) is 0 Å². The van der Waals surface area contributed by atoms with E-state index in [1.54, 1.807) is 12.1 Å². The SMILES string of the molecule is CC(F)(F)c1cc(OCC2=C(C3CC3)CCC2)ccc1CCC(=O)O. The Hall–Kier alpha value is -1.91. The molecule has 0 unspecified atom stereocenters. The Morgan fingerprint density at radius 3 is 2.72 bits per heavy atom. The maximum Gasteiger partial charge on any atom is 0.303 e. The average Bonchev–Trinajstić information content (AvgIpc) is 3.28. The third-order valence-electron chi connectivity index (χ3n) is 5.02. The van der Waals surface area contributed by atoms with Crippen molar-refractivity contribution in [1.82, 2.24) is 0 Å². The number of hydrogen-bond donors (Lipinski definition) is 1. The molecular formula is C20H24F2O3. The zero-order chi connectivity index (χ0) is 18.0. The van der Waals surface area contributed by atoms with Gasteiger partial charge >= 0.3 is 5.97 Å². The van der Waals surface area contributed by atoms with Crippen LogP contribution in [-0.4, -0.2) is 17.7 Å². The number of allylic oxidation sites excluding steroid dienone is 1. The summed E-state index contributed by atoms with van der Waals surface area (Å²) in [4.78, 5) is 10.7. The third kappa shape index (κ3) is 4.59. The van der Waals surface area contributed by atoms with Crippen molar-refractivity contribution >= 4 is 5.97 Å². The summed E-state index contributed by atoms with van der Waals surface area (Å²) >= 11 is 0. The molecule has 1 aromatic rings. The van der Waals surface area contributed by atoms with Gasteiger partial charge in [-0.05, 0) is 67.7 Å². The Labute approximate surface area is 146 Å². The Morgan fingerprint density at radius 2 is 2.08 bits per heavy atom. The van der Waals surface area contributed by atoms with Crippen LogP contribution < -0.4 is 4.74 Å². The van der Waals surface area contributed by atoms with Gasteiger partial charge < -0.3 is 9.84 Å². The van der Waals surface area contributed by atoms with Crippen LogP contribution in [0.5, 0.6) is 5.75 Å². The lowest BCUT2D eigenvalue weighted by Gasteiger charge is -2.18. The quantitative estimate of drug-likeness (QED) is 0.665. The van der Waals surface area contributed by atoms with Gasteiger partial charge in [0.2, 0.25) is 0 Å². The van der Waals surface area contributed by atoms with E-state index < -0.39 is 11.9 Å². The fourth-order valence-electron chi connectivity index (χ4n) is 3.60. The van der Waals surface area contributed by atoms with E-state index in [1.165, 1.54) is 30.1 Å². The summed E-state index contributed by atoms with van der Waals surface area (Å²) in [6.07, 6.45) is 5.81. The van der Waals surface area contributed by atoms with Crippen LogP contribution in [0.4, 0.5) is 8.78 Å². The second-order valence-corrected chi connectivity index (χ2v) is 7.15. The minimum atomic E-state index is -3.03. The van der Waals surface area contributed by atoms with E-state index in [4.69, 9.17) is 9.84 Å². The van der Waals surface area contributed by atoms with E-state index in [0.717, 1.165) is 32.1 Å². The fourth-order valence-corrected chi connectivity index (χ4v) is 3.60. The number of halogens is 2. The van der Waals surface area contributed by atoms with Crippen molar-refractivity contribution in [3.8, 4) is 5.75 Å². The number of aryl methyl sites for hydroxylation is 1. The molecule has 2 aliphatic carbocycles. The standard InChI is InChI=1S/C20H24F2O3/c1-20(21,22)18-11-16(9-7-14(18)8-10-19(23)24)25-12-15-3-2-4-17(15)13-5-6-13/h7,9,11,13H,2-6,8,10,12H2,1H3,(H,23,24). The number of alkyl halides is 2. The highest BCUT2D eigenvalue weighted by Gasteiger charge is 2.31. The molecule has 0 aromatic heterocycles. The molecule has 136 valence electrons. The Kier molecular flexibility index (Phi) is 5.11. The fraction of sp³-hybridized carbons (Fsp3) is 0.550. The topological polar surface area (TPSA) is 46.5 Å². The molecule has 25 heavy (non-hydrogen) atoms. The van der Waals surface area contributed by atoms with Crippen molar-refractivity contribution in [3.05, 3.63) is 40.5 Å². The molecule has 0 atom stereocenters. The number of aliphatic carboxylic acids is 1. The summed E-state index contributed by atoms with van der Waals surface area (Å²) in [6.45, 7) is 1.30. The highest BCUT2D eigenvalue weighted by Crippen LogP contribution is 2.44. The summed E-state index contributed by atoms with van der Waals surface area (Å²) in [7, 11) is 0. The molecule has 3 rings (SSSR count). The second-order valence-electron chi connectivity index (χ2n) is 7.15. The molecule has 0 amide bonds. The number of ether oxygens (including phenoxy) is 1. The predicted octanol–water partition coefficient (Wildman–Crippen LogP) is 5.08. The molecule has 2 aliphatic rings. The van der Waals surface area contributed by atoms with Crippen LogP contribution in [0, 0.1) is 5.92 Å². The van der Waals surface area contributed by atoms with Gasteiger partial charge in [0.1, 0.15) is 12.4 Å². The molecule has 0 spiro atoms. The maximum atomic E-state index is 13.9. The molecule has 1 fully saturated rings. The Bertz CT molecular complexity index is 685. The van der Waals surface area contributed by atoms with Crippen LogP contribution in [0.25, 0.3) is 0 Å². The number of carboxylic acids is 1. The largest absolute Gasteiger partial charge is 0.489 e. The second kappa shape index (κ2) is 7.14. The highest BCUT2D eigenvalue weighted by atomic mass is 19.3. The minimum absolute atomic E-state index is 0.0886. The molecule has 0 bridgehead atoms. The molecule has 3 nitrogen and oxygen atoms in total. The van der Waals surface area contributed by atoms with Gasteiger partial charge in [-0.15, -0.1) is 0 Å². The van der Waals surface area contributed by atoms with Crippen LogP contribution in [0.1, 0.15) is 56.6 Å². The summed E-state index contributed by atoms with van der Waals surface area (Å²) in [5, 5.41) is 8.79. The van der Waals surface area contributed by atoms with E-state index in [1.807, 2.05) is 0 Å². The van der Waals surface area contributed by atoms with Crippen molar-refractivity contribution in [2.45, 2.75) is 57.8 Å². The molecule has 0 heterocycles. The lowest BCUT2D eigenvalue weighted by molar-refractivity contribution is -0.137. The normalized spacial score (nSPS) is 17.9. The van der Waals surface area contributed by atoms with Crippen molar-refractivity contribution < 1.29 is 23.4 Å². The molecule has 5 heteroatoms. The van der Waals surface area contributed by atoms with E-state index >= 15 is 0 Å². The van der Waals surface area contributed by atoms with Crippen LogP contribution >= 0.6 is 0 Å². The van der Waals surface area contributed by atoms with Crippen molar-refractivity contribution in [3.63, 3.8) is 0 Å². The van der Waals surface area contributed by atoms with Crippen molar-refractivity contribution in [1.29, 1.82) is 0 Å². The summed E-state index contributed by atoms with van der Waals surface area (Å²) in [5.74, 6) is -2.87. The first-order valence-electron chi connectivity index (χ1n) is 8.91. The summed E-state index contributed by atoms with van der Waals surface area (Å²) in [6, 6.07) is 4.60. The molecule has 0 radical (unpaired) electrons. The highest BCUT2D eigenvalue weighted by molar-refractivity contribution is 5.67. The first-order chi connectivity index (χ1) is 11.8. The van der Waals surface area contributed by atoms with Crippen molar-refractivity contribution in [2.75, 3.05) is 6.61 Å². The zero-order valence-corrected chi connectivity index (χ0v) is 14.5. The van der Waals surface area contributed by atoms with Gasteiger partial charge in [-0.25, -0.2) is 8.78 Å². The number of rotatable bonds is 8. The van der Waals surface area contributed by atoms with E-state index in [9.17, 15) is 13.6 Å². The van der Waals surface area contributed by atoms with Gasteiger partial charge in [0.05, 0.1) is 0 Å². The third-order valence-corrected chi connectivity index (χ3v) is 5.02. The summed E-state index contributed by atoms with van der Waals surface area (Å²) < 4.78 is 33.7. The number of carbonyl (C=O) groups is 1. The molecule has 1 N–H and O–H groups in total. The smallest absolute Gasteiger partial charge is 0.303 e. The number of carboxylic acid groups (broad SMARTS) is 1. The molecule has 0 saturated heterocycles. The van der Waals surface area contributed by atoms with Gasteiger partial charge in [-0.1, -0.05) is 11.6 Å². The van der Waals surface area contributed by atoms with Gasteiger partial charge in [-0.2, -0.15) is 0 Å². The maximum absolute atomic E-state index is 13.9. The molecule has 1 saturated carbocycles. The lowest BCUT2D eigenvalue weighted by Crippen LogP contribution is -2.13. The summed E-state index contributed by atoms with van der Waals surface area (Å²) in [5.41, 5.74) is 3.08. The zero-order valence-electron chi connectivity index (χ0n) is 14.5. The average molecular weight is 350 g/mol.